The number of hydrogen-bond acceptors (Lipinski definition) is 8. The number of benzene rings is 5. The fourth-order valence-corrected chi connectivity index (χ4v) is 6.99. The Labute approximate surface area is 304 Å². The van der Waals surface area contributed by atoms with Crippen LogP contribution in [0.3, 0.4) is 0 Å². The van der Waals surface area contributed by atoms with Gasteiger partial charge in [-0.15, -0.1) is 0 Å². The maximum atomic E-state index is 11.6. The summed E-state index contributed by atoms with van der Waals surface area (Å²) in [7, 11) is 1.75. The second kappa shape index (κ2) is 17.2. The minimum atomic E-state index is -1.28. The first kappa shape index (κ1) is 37.8. The van der Waals surface area contributed by atoms with Gasteiger partial charge in [-0.25, -0.2) is 9.59 Å². The van der Waals surface area contributed by atoms with Crippen molar-refractivity contribution in [2.24, 2.45) is 0 Å². The Kier molecular flexibility index (Phi) is 12.5. The van der Waals surface area contributed by atoms with Crippen LogP contribution in [0.5, 0.6) is 17.2 Å². The summed E-state index contributed by atoms with van der Waals surface area (Å²) in [6.07, 6.45) is 4.70. The summed E-state index contributed by atoms with van der Waals surface area (Å²) in [5.41, 5.74) is 3.94. The number of aryl methyl sites for hydroxylation is 1. The summed E-state index contributed by atoms with van der Waals surface area (Å²) < 4.78 is 5.47. The molecule has 1 aliphatic heterocycles. The number of phenols is 2. The van der Waals surface area contributed by atoms with Crippen LogP contribution in [0.4, 0.5) is 11.4 Å². The zero-order valence-electron chi connectivity index (χ0n) is 30.3. The van der Waals surface area contributed by atoms with E-state index in [1.807, 2.05) is 0 Å². The van der Waals surface area contributed by atoms with E-state index < -0.39 is 23.4 Å². The van der Waals surface area contributed by atoms with Crippen LogP contribution < -0.4 is 15.4 Å². The first-order valence-electron chi connectivity index (χ1n) is 17.9. The molecule has 10 nitrogen and oxygen atoms in total. The molecule has 0 saturated carbocycles. The van der Waals surface area contributed by atoms with Crippen molar-refractivity contribution >= 4 is 44.9 Å². The topological polar surface area (TPSA) is 152 Å². The minimum absolute atomic E-state index is 0.0407. The van der Waals surface area contributed by atoms with E-state index >= 15 is 0 Å². The molecule has 0 amide bonds. The van der Waals surface area contributed by atoms with Crippen molar-refractivity contribution in [3.05, 3.63) is 101 Å². The zero-order valence-corrected chi connectivity index (χ0v) is 30.3. The third-order valence-corrected chi connectivity index (χ3v) is 9.83. The molecule has 6 rings (SSSR count). The van der Waals surface area contributed by atoms with Gasteiger partial charge in [-0.1, -0.05) is 62.4 Å². The molecule has 274 valence electrons. The number of carbonyl (C=O) groups is 2. The van der Waals surface area contributed by atoms with E-state index in [1.165, 1.54) is 54.9 Å². The van der Waals surface area contributed by atoms with Gasteiger partial charge >= 0.3 is 11.9 Å². The van der Waals surface area contributed by atoms with Crippen molar-refractivity contribution in [2.75, 3.05) is 43.9 Å². The number of carboxylic acid groups (broad SMARTS) is 2. The fourth-order valence-electron chi connectivity index (χ4n) is 6.99. The maximum absolute atomic E-state index is 11.6. The van der Waals surface area contributed by atoms with Crippen molar-refractivity contribution in [1.82, 2.24) is 4.90 Å². The molecule has 0 radical (unpaired) electrons. The highest BCUT2D eigenvalue weighted by molar-refractivity contribution is 6.02. The lowest BCUT2D eigenvalue weighted by Gasteiger charge is -2.25. The van der Waals surface area contributed by atoms with Crippen LogP contribution in [0.2, 0.25) is 0 Å². The molecule has 1 aliphatic rings. The monoisotopic (exact) mass is 707 g/mol. The van der Waals surface area contributed by atoms with Gasteiger partial charge in [0.15, 0.2) is 0 Å². The van der Waals surface area contributed by atoms with Gasteiger partial charge < -0.3 is 40.7 Å². The van der Waals surface area contributed by atoms with Crippen LogP contribution in [-0.2, 0) is 12.8 Å². The summed E-state index contributed by atoms with van der Waals surface area (Å²) in [6, 6.07) is 21.5. The van der Waals surface area contributed by atoms with Gasteiger partial charge in [-0.3, -0.25) is 0 Å². The van der Waals surface area contributed by atoms with E-state index in [4.69, 9.17) is 4.74 Å². The lowest BCUT2D eigenvalue weighted by atomic mass is 9.90. The Morgan fingerprint density at radius 1 is 0.865 bits per heavy atom. The number of aromatic carboxylic acids is 2. The molecule has 1 heterocycles. The second-order valence-corrected chi connectivity index (χ2v) is 13.2. The molecule has 6 N–H and O–H groups in total. The molecule has 1 atom stereocenters. The molecule has 0 fully saturated rings. The minimum Gasteiger partial charge on any atom is -0.507 e. The Balaban J connectivity index is 0.000000207. The molecule has 0 aromatic heterocycles. The van der Waals surface area contributed by atoms with E-state index in [-0.39, 0.29) is 17.5 Å². The van der Waals surface area contributed by atoms with Crippen molar-refractivity contribution in [3.8, 4) is 17.2 Å². The highest BCUT2D eigenvalue weighted by Gasteiger charge is 2.23. The van der Waals surface area contributed by atoms with Crippen LogP contribution in [-0.4, -0.2) is 76.6 Å². The smallest absolute Gasteiger partial charge is 0.339 e. The van der Waals surface area contributed by atoms with Crippen molar-refractivity contribution in [2.45, 2.75) is 58.9 Å². The fraction of sp³-hybridized carbons (Fsp3) is 0.333. The van der Waals surface area contributed by atoms with E-state index in [0.29, 0.717) is 38.7 Å². The number of hydrogen-bond donors (Lipinski definition) is 6. The van der Waals surface area contributed by atoms with Gasteiger partial charge in [0.05, 0.1) is 18.5 Å². The quantitative estimate of drug-likeness (QED) is 0.0704. The summed E-state index contributed by atoms with van der Waals surface area (Å²) in [5.74, 6) is -2.41. The number of nitrogens with one attached hydrogen (secondary N) is 2. The molecule has 10 heteroatoms. The van der Waals surface area contributed by atoms with E-state index in [2.05, 4.69) is 48.4 Å². The molecular weight excluding hydrogens is 658 g/mol. The summed E-state index contributed by atoms with van der Waals surface area (Å²) >= 11 is 0. The lowest BCUT2D eigenvalue weighted by Crippen LogP contribution is -2.26. The molecule has 0 saturated heterocycles. The maximum Gasteiger partial charge on any atom is 0.339 e. The molecule has 5 aromatic carbocycles. The molecule has 52 heavy (non-hydrogen) atoms. The summed E-state index contributed by atoms with van der Waals surface area (Å²) in [6.45, 7) is 11.3. The van der Waals surface area contributed by atoms with Crippen LogP contribution in [0.1, 0.15) is 77.4 Å². The number of rotatable bonds is 13. The first-order chi connectivity index (χ1) is 25.1. The number of anilines is 2. The van der Waals surface area contributed by atoms with Crippen LogP contribution in [0.15, 0.2) is 72.8 Å². The number of carboxylic acids is 2. The molecule has 5 aromatic rings. The molecule has 0 spiro atoms. The SMILES string of the molecule is CCN(CC)CCCC(C)Nc1cc(OC)cc2c1NCCC2.O=C(O)c1cc2ccccc2c(Cc2c(O)c(C(=O)O)cc3ccccc23)c1O. The number of nitrogens with zero attached hydrogens (tertiary/aromatic N) is 1. The van der Waals surface area contributed by atoms with E-state index in [9.17, 15) is 30.0 Å². The number of aromatic hydroxyl groups is 2. The van der Waals surface area contributed by atoms with E-state index in [1.54, 1.807) is 55.6 Å². The Morgan fingerprint density at radius 2 is 1.42 bits per heavy atom. The van der Waals surface area contributed by atoms with E-state index in [0.717, 1.165) is 31.8 Å². The van der Waals surface area contributed by atoms with Crippen LogP contribution >= 0.6 is 0 Å². The molecule has 0 aliphatic carbocycles. The van der Waals surface area contributed by atoms with Crippen molar-refractivity contribution in [3.63, 3.8) is 0 Å². The number of fused-ring (bicyclic) bond motifs is 3. The third kappa shape index (κ3) is 8.51. The van der Waals surface area contributed by atoms with Crippen molar-refractivity contribution < 1.29 is 34.8 Å². The number of ether oxygens (including phenoxy) is 1. The van der Waals surface area contributed by atoms with Gasteiger partial charge in [0.1, 0.15) is 28.4 Å². The summed E-state index contributed by atoms with van der Waals surface area (Å²) in [4.78, 5) is 25.7. The predicted molar refractivity (Wildman–Crippen MR) is 208 cm³/mol. The predicted octanol–water partition coefficient (Wildman–Crippen LogP) is 8.37. The third-order valence-electron chi connectivity index (χ3n) is 9.83. The van der Waals surface area contributed by atoms with Gasteiger partial charge in [0, 0.05) is 36.2 Å². The molecular formula is C42H49N3O7. The number of methoxy groups -OCH3 is 1. The standard InChI is InChI=1S/C23H16O6.C19H33N3O/c24-20-16(14-7-3-1-5-12(14)9-18(20)22(26)27)11-17-15-8-4-2-6-13(15)10-19(21(17)25)23(28)29;1-5-22(6-2)12-8-9-15(3)21-18-14-17(23-4)13-16-10-7-11-20-19(16)18/h1-10,24-25H,11H2,(H,26,27)(H,28,29);13-15,20-21H,5-12H2,1-4H3. The lowest BCUT2D eigenvalue weighted by molar-refractivity contribution is 0.0682. The largest absolute Gasteiger partial charge is 0.507 e. The normalized spacial score (nSPS) is 12.8. The first-order valence-corrected chi connectivity index (χ1v) is 17.9. The molecule has 1 unspecified atom stereocenters. The zero-order chi connectivity index (χ0) is 37.4. The Morgan fingerprint density at radius 3 is 1.94 bits per heavy atom. The van der Waals surface area contributed by atoms with Gasteiger partial charge in [-0.05, 0) is 97.5 Å². The highest BCUT2D eigenvalue weighted by Crippen LogP contribution is 2.39. The second-order valence-electron chi connectivity index (χ2n) is 13.2. The van der Waals surface area contributed by atoms with Crippen molar-refractivity contribution in [1.29, 1.82) is 0 Å². The van der Waals surface area contributed by atoms with Crippen LogP contribution in [0.25, 0.3) is 21.5 Å². The van der Waals surface area contributed by atoms with Gasteiger partial charge in [0.25, 0.3) is 0 Å². The summed E-state index contributed by atoms with van der Waals surface area (Å²) in [5, 5.41) is 50.0. The highest BCUT2D eigenvalue weighted by atomic mass is 16.5. The van der Waals surface area contributed by atoms with Gasteiger partial charge in [0.2, 0.25) is 0 Å². The van der Waals surface area contributed by atoms with Gasteiger partial charge in [-0.2, -0.15) is 0 Å². The molecule has 0 bridgehead atoms. The average molecular weight is 708 g/mol. The average Bonchev–Trinajstić information content (AvgIpc) is 3.15. The Hall–Kier alpha value is -5.48. The Bertz CT molecular complexity index is 1960. The van der Waals surface area contributed by atoms with Crippen LogP contribution in [0, 0.1) is 0 Å².